The fourth-order valence-electron chi connectivity index (χ4n) is 2.73. The van der Waals surface area contributed by atoms with Gasteiger partial charge in [0.2, 0.25) is 10.0 Å². The molecule has 0 radical (unpaired) electrons. The zero-order valence-electron chi connectivity index (χ0n) is 15.1. The second-order valence-corrected chi connectivity index (χ2v) is 9.95. The maximum atomic E-state index is 12.3. The van der Waals surface area contributed by atoms with Gasteiger partial charge in [0.1, 0.15) is 5.60 Å². The number of nitrogens with one attached hydrogen (secondary N) is 1. The Kier molecular flexibility index (Phi) is 6.82. The van der Waals surface area contributed by atoms with Crippen LogP contribution in [0.15, 0.2) is 18.2 Å². The van der Waals surface area contributed by atoms with Gasteiger partial charge < -0.3 is 9.64 Å². The molecule has 1 aliphatic heterocycles. The number of carbonyl (C=O) groups excluding carboxylic acids is 1. The number of sulfonamides is 1. The van der Waals surface area contributed by atoms with Crippen LogP contribution in [-0.4, -0.2) is 44.1 Å². The van der Waals surface area contributed by atoms with Gasteiger partial charge in [-0.25, -0.2) is 17.9 Å². The molecule has 1 atom stereocenters. The lowest BCUT2D eigenvalue weighted by atomic mass is 10.2. The number of ether oxygens (including phenoxy) is 1. The number of likely N-dealkylation sites (tertiary alicyclic amines) is 1. The average Bonchev–Trinajstić information content (AvgIpc) is 2.96. The second-order valence-electron chi connectivity index (χ2n) is 7.33. The van der Waals surface area contributed by atoms with E-state index in [-0.39, 0.29) is 18.3 Å². The molecule has 1 aromatic rings. The van der Waals surface area contributed by atoms with Crippen LogP contribution in [-0.2, 0) is 20.5 Å². The Bertz CT molecular complexity index is 763. The smallest absolute Gasteiger partial charge is 0.410 e. The molecule has 1 aromatic carbocycles. The van der Waals surface area contributed by atoms with Crippen molar-refractivity contribution in [2.75, 3.05) is 13.1 Å². The summed E-state index contributed by atoms with van der Waals surface area (Å²) in [4.78, 5) is 13.8. The molecule has 26 heavy (non-hydrogen) atoms. The summed E-state index contributed by atoms with van der Waals surface area (Å²) in [7, 11) is -3.57. The Labute approximate surface area is 164 Å². The van der Waals surface area contributed by atoms with Crippen LogP contribution in [0.2, 0.25) is 10.0 Å². The fourth-order valence-corrected chi connectivity index (χ4v) is 4.22. The molecular formula is C17H24Cl2N2O4S. The summed E-state index contributed by atoms with van der Waals surface area (Å²) in [5.74, 6) is -0.205. The summed E-state index contributed by atoms with van der Waals surface area (Å²) < 4.78 is 32.6. The number of hydrogen-bond acceptors (Lipinski definition) is 4. The minimum Gasteiger partial charge on any atom is -0.444 e. The van der Waals surface area contributed by atoms with Crippen LogP contribution < -0.4 is 4.72 Å². The molecule has 1 heterocycles. The van der Waals surface area contributed by atoms with Gasteiger partial charge in [-0.2, -0.15) is 0 Å². The van der Waals surface area contributed by atoms with E-state index in [4.69, 9.17) is 27.9 Å². The maximum absolute atomic E-state index is 12.3. The topological polar surface area (TPSA) is 75.7 Å². The minimum absolute atomic E-state index is 0.156. The quantitative estimate of drug-likeness (QED) is 0.782. The number of amides is 1. The van der Waals surface area contributed by atoms with E-state index >= 15 is 0 Å². The van der Waals surface area contributed by atoms with E-state index < -0.39 is 21.7 Å². The molecule has 6 nitrogen and oxygen atoms in total. The summed E-state index contributed by atoms with van der Waals surface area (Å²) in [6.07, 6.45) is 1.14. The summed E-state index contributed by atoms with van der Waals surface area (Å²) in [6, 6.07) is 4.51. The van der Waals surface area contributed by atoms with Crippen LogP contribution >= 0.6 is 23.2 Å². The molecule has 1 saturated heterocycles. The molecule has 1 fully saturated rings. The number of benzene rings is 1. The van der Waals surface area contributed by atoms with Crippen molar-refractivity contribution in [2.45, 2.75) is 51.0 Å². The monoisotopic (exact) mass is 422 g/mol. The first-order valence-corrected chi connectivity index (χ1v) is 10.8. The molecule has 1 amide bonds. The van der Waals surface area contributed by atoms with Crippen molar-refractivity contribution in [3.63, 3.8) is 0 Å². The molecule has 0 bridgehead atoms. The first-order chi connectivity index (χ1) is 12.0. The Morgan fingerprint density at radius 3 is 2.62 bits per heavy atom. The van der Waals surface area contributed by atoms with Crippen LogP contribution in [0, 0.1) is 0 Å². The molecular weight excluding hydrogens is 399 g/mol. The highest BCUT2D eigenvalue weighted by Crippen LogP contribution is 2.24. The van der Waals surface area contributed by atoms with Crippen LogP contribution in [0.3, 0.4) is 0 Å². The molecule has 146 valence electrons. The van der Waals surface area contributed by atoms with Gasteiger partial charge in [0, 0.05) is 19.1 Å². The normalized spacial score (nSPS) is 18.2. The second kappa shape index (κ2) is 8.33. The van der Waals surface area contributed by atoms with Gasteiger partial charge in [0.15, 0.2) is 0 Å². The van der Waals surface area contributed by atoms with Crippen molar-refractivity contribution < 1.29 is 17.9 Å². The van der Waals surface area contributed by atoms with Gasteiger partial charge in [0.25, 0.3) is 0 Å². The van der Waals surface area contributed by atoms with Crippen LogP contribution in [0.1, 0.15) is 39.2 Å². The third-order valence-corrected chi connectivity index (χ3v) is 5.94. The van der Waals surface area contributed by atoms with Crippen molar-refractivity contribution in [1.29, 1.82) is 0 Å². The fraction of sp³-hybridized carbons (Fsp3) is 0.588. The first kappa shape index (κ1) is 21.3. The maximum Gasteiger partial charge on any atom is 0.410 e. The molecule has 1 unspecified atom stereocenters. The van der Waals surface area contributed by atoms with E-state index in [2.05, 4.69) is 4.72 Å². The van der Waals surface area contributed by atoms with Gasteiger partial charge >= 0.3 is 6.09 Å². The van der Waals surface area contributed by atoms with Gasteiger partial charge in [-0.15, -0.1) is 0 Å². The lowest BCUT2D eigenvalue weighted by molar-refractivity contribution is 0.0229. The summed E-state index contributed by atoms with van der Waals surface area (Å²) in [5.41, 5.74) is -0.0419. The highest BCUT2D eigenvalue weighted by atomic mass is 35.5. The molecule has 9 heteroatoms. The van der Waals surface area contributed by atoms with Crippen molar-refractivity contribution in [3.8, 4) is 0 Å². The van der Waals surface area contributed by atoms with E-state index in [1.165, 1.54) is 6.07 Å². The largest absolute Gasteiger partial charge is 0.444 e. The number of hydrogen-bond donors (Lipinski definition) is 1. The van der Waals surface area contributed by atoms with Gasteiger partial charge in [-0.3, -0.25) is 0 Å². The number of nitrogens with zero attached hydrogens (tertiary/aromatic N) is 1. The molecule has 0 saturated carbocycles. The number of rotatable bonds is 5. The highest BCUT2D eigenvalue weighted by molar-refractivity contribution is 7.88. The van der Waals surface area contributed by atoms with Crippen LogP contribution in [0.4, 0.5) is 4.79 Å². The zero-order chi connectivity index (χ0) is 19.5. The Hall–Kier alpha value is -1.02. The van der Waals surface area contributed by atoms with E-state index in [0.29, 0.717) is 22.2 Å². The molecule has 0 aromatic heterocycles. The van der Waals surface area contributed by atoms with Crippen LogP contribution in [0.5, 0.6) is 0 Å². The van der Waals surface area contributed by atoms with Gasteiger partial charge in [0.05, 0.1) is 15.8 Å². The van der Waals surface area contributed by atoms with E-state index in [1.54, 1.807) is 37.8 Å². The van der Waals surface area contributed by atoms with E-state index in [9.17, 15) is 13.2 Å². The molecule has 2 rings (SSSR count). The zero-order valence-corrected chi connectivity index (χ0v) is 17.4. The predicted octanol–water partition coefficient (Wildman–Crippen LogP) is 3.81. The molecule has 1 N–H and O–H groups in total. The Morgan fingerprint density at radius 1 is 1.31 bits per heavy atom. The van der Waals surface area contributed by atoms with Crippen LogP contribution in [0.25, 0.3) is 0 Å². The Morgan fingerprint density at radius 2 is 2.00 bits per heavy atom. The average molecular weight is 423 g/mol. The van der Waals surface area contributed by atoms with E-state index in [0.717, 1.165) is 12.8 Å². The van der Waals surface area contributed by atoms with E-state index in [1.807, 2.05) is 0 Å². The van der Waals surface area contributed by atoms with Crippen molar-refractivity contribution in [2.24, 2.45) is 0 Å². The lowest BCUT2D eigenvalue weighted by Crippen LogP contribution is -2.45. The third-order valence-electron chi connectivity index (χ3n) is 3.88. The molecule has 0 spiro atoms. The highest BCUT2D eigenvalue weighted by Gasteiger charge is 2.32. The van der Waals surface area contributed by atoms with Gasteiger partial charge in [-0.05, 0) is 51.3 Å². The first-order valence-electron chi connectivity index (χ1n) is 8.38. The van der Waals surface area contributed by atoms with Gasteiger partial charge in [-0.1, -0.05) is 29.3 Å². The molecule has 0 aliphatic carbocycles. The third kappa shape index (κ3) is 6.30. The lowest BCUT2D eigenvalue weighted by Gasteiger charge is -2.28. The molecule has 1 aliphatic rings. The SMILES string of the molecule is CC(C)(C)OC(=O)N1CCCC1CNS(=O)(=O)Cc1ccc(Cl)c(Cl)c1. The summed E-state index contributed by atoms with van der Waals surface area (Å²) in [5, 5.41) is 0.686. The minimum atomic E-state index is -3.57. The Balaban J connectivity index is 1.95. The number of halogens is 2. The van der Waals surface area contributed by atoms with Crippen molar-refractivity contribution >= 4 is 39.3 Å². The van der Waals surface area contributed by atoms with Crippen molar-refractivity contribution in [3.05, 3.63) is 33.8 Å². The number of carbonyl (C=O) groups is 1. The summed E-state index contributed by atoms with van der Waals surface area (Å²) >= 11 is 11.8. The predicted molar refractivity (Wildman–Crippen MR) is 103 cm³/mol. The van der Waals surface area contributed by atoms with Crippen molar-refractivity contribution in [1.82, 2.24) is 9.62 Å². The standard InChI is InChI=1S/C17H24Cl2N2O4S/c1-17(2,3)25-16(22)21-8-4-5-13(21)10-20-26(23,24)11-12-6-7-14(18)15(19)9-12/h6-7,9,13,20H,4-5,8,10-11H2,1-3H3. The summed E-state index contributed by atoms with van der Waals surface area (Å²) in [6.45, 7) is 6.12.